The number of rotatable bonds is 3. The fourth-order valence-corrected chi connectivity index (χ4v) is 1.04. The normalized spacial score (nSPS) is 10.8. The molecule has 0 saturated heterocycles. The van der Waals surface area contributed by atoms with Crippen LogP contribution in [-0.2, 0) is 6.42 Å². The highest BCUT2D eigenvalue weighted by Crippen LogP contribution is 2.10. The van der Waals surface area contributed by atoms with Crippen molar-refractivity contribution in [2.45, 2.75) is 19.8 Å². The van der Waals surface area contributed by atoms with E-state index in [2.05, 4.69) is 25.1 Å². The van der Waals surface area contributed by atoms with Gasteiger partial charge in [-0.25, -0.2) is 0 Å². The summed E-state index contributed by atoms with van der Waals surface area (Å²) in [5.41, 5.74) is 7.75. The van der Waals surface area contributed by atoms with E-state index in [0.717, 1.165) is 18.5 Å². The Kier molecular flexibility index (Phi) is 3.39. The van der Waals surface area contributed by atoms with Gasteiger partial charge in [0.2, 0.25) is 0 Å². The topological polar surface area (TPSA) is 26.0 Å². The molecule has 12 heavy (non-hydrogen) atoms. The van der Waals surface area contributed by atoms with Crippen molar-refractivity contribution >= 4 is 5.69 Å². The number of nitrogen functional groups attached to an aromatic ring is 1. The summed E-state index contributed by atoms with van der Waals surface area (Å²) in [6, 6.07) is 8.66. The Morgan fingerprint density at radius 2 is 2.33 bits per heavy atom. The fraction of sp³-hybridized carbons (Fsp3) is 0.273. The van der Waals surface area contributed by atoms with Gasteiger partial charge in [0.25, 0.3) is 0 Å². The van der Waals surface area contributed by atoms with Gasteiger partial charge in [-0.1, -0.05) is 31.2 Å². The maximum Gasteiger partial charge on any atom is 0.0355 e. The molecule has 0 spiro atoms. The summed E-state index contributed by atoms with van der Waals surface area (Å²) in [6.07, 6.45) is 6.30. The Bertz CT molecular complexity index is 263. The highest BCUT2D eigenvalue weighted by atomic mass is 14.5. The number of hydrogen-bond donors (Lipinski definition) is 1. The van der Waals surface area contributed by atoms with E-state index in [1.54, 1.807) is 0 Å². The summed E-state index contributed by atoms with van der Waals surface area (Å²) in [6.45, 7) is 2.12. The first-order valence-electron chi connectivity index (χ1n) is 4.24. The summed E-state index contributed by atoms with van der Waals surface area (Å²) < 4.78 is 0. The first-order valence-corrected chi connectivity index (χ1v) is 4.24. The average molecular weight is 160 g/mol. The van der Waals surface area contributed by atoms with Crippen LogP contribution in [0.15, 0.2) is 30.4 Å². The van der Waals surface area contributed by atoms with Crippen molar-refractivity contribution in [2.24, 2.45) is 0 Å². The second-order valence-electron chi connectivity index (χ2n) is 2.71. The Balaban J connectivity index is 2.63. The molecule has 63 valence electrons. The van der Waals surface area contributed by atoms with E-state index in [1.165, 1.54) is 5.56 Å². The number of nitrogens with two attached hydrogens (primary N) is 1. The van der Waals surface area contributed by atoms with Crippen molar-refractivity contribution in [2.75, 3.05) is 5.73 Å². The highest BCUT2D eigenvalue weighted by molar-refractivity contribution is 5.46. The Labute approximate surface area is 73.9 Å². The molecule has 1 nitrogen and oxygen atoms in total. The molecular formula is C11H14N. The largest absolute Gasteiger partial charge is 0.398 e. The summed E-state index contributed by atoms with van der Waals surface area (Å²) >= 11 is 0. The summed E-state index contributed by atoms with van der Waals surface area (Å²) in [5.74, 6) is 0. The molecule has 0 bridgehead atoms. The van der Waals surface area contributed by atoms with Gasteiger partial charge in [-0.05, 0) is 30.5 Å². The van der Waals surface area contributed by atoms with Crippen LogP contribution in [0.3, 0.4) is 0 Å². The van der Waals surface area contributed by atoms with Crippen LogP contribution in [0.25, 0.3) is 0 Å². The molecule has 0 amide bonds. The molecule has 0 saturated carbocycles. The molecule has 0 fully saturated rings. The molecule has 1 radical (unpaired) electrons. The van der Waals surface area contributed by atoms with E-state index in [-0.39, 0.29) is 0 Å². The van der Waals surface area contributed by atoms with E-state index in [0.29, 0.717) is 0 Å². The summed E-state index contributed by atoms with van der Waals surface area (Å²) in [5, 5.41) is 0. The minimum Gasteiger partial charge on any atom is -0.398 e. The van der Waals surface area contributed by atoms with Crippen molar-refractivity contribution in [3.05, 3.63) is 42.0 Å². The van der Waals surface area contributed by atoms with Gasteiger partial charge in [-0.15, -0.1) is 0 Å². The number of benzene rings is 1. The van der Waals surface area contributed by atoms with Crippen molar-refractivity contribution in [3.63, 3.8) is 0 Å². The van der Waals surface area contributed by atoms with Crippen LogP contribution in [0.4, 0.5) is 5.69 Å². The molecule has 0 heterocycles. The quantitative estimate of drug-likeness (QED) is 0.533. The Morgan fingerprint density at radius 1 is 1.50 bits per heavy atom. The summed E-state index contributed by atoms with van der Waals surface area (Å²) in [7, 11) is 0. The standard InChI is InChI=1S/C11H14N/c1-2-3-4-7-10-8-5-6-9-11(10)12/h3-5,8-9H,2,7,12H2,1H3. The number of anilines is 1. The van der Waals surface area contributed by atoms with Gasteiger partial charge in [0.05, 0.1) is 0 Å². The predicted molar refractivity (Wildman–Crippen MR) is 52.8 cm³/mol. The minimum atomic E-state index is 0.832. The zero-order chi connectivity index (χ0) is 8.81. The lowest BCUT2D eigenvalue weighted by atomic mass is 10.1. The van der Waals surface area contributed by atoms with Gasteiger partial charge in [0.15, 0.2) is 0 Å². The average Bonchev–Trinajstić information content (AvgIpc) is 2.09. The molecule has 0 aromatic heterocycles. The van der Waals surface area contributed by atoms with E-state index >= 15 is 0 Å². The van der Waals surface area contributed by atoms with E-state index in [1.807, 2.05) is 18.2 Å². The first kappa shape index (κ1) is 8.85. The second kappa shape index (κ2) is 4.60. The van der Waals surface area contributed by atoms with Gasteiger partial charge < -0.3 is 5.73 Å². The molecule has 1 rings (SSSR count). The van der Waals surface area contributed by atoms with Gasteiger partial charge in [0, 0.05) is 5.69 Å². The third-order valence-electron chi connectivity index (χ3n) is 1.73. The number of hydrogen-bond acceptors (Lipinski definition) is 1. The lowest BCUT2D eigenvalue weighted by Crippen LogP contribution is -1.91. The highest BCUT2D eigenvalue weighted by Gasteiger charge is 1.92. The van der Waals surface area contributed by atoms with Crippen LogP contribution in [0.5, 0.6) is 0 Å². The Morgan fingerprint density at radius 3 is 3.00 bits per heavy atom. The first-order chi connectivity index (χ1) is 5.84. The van der Waals surface area contributed by atoms with Gasteiger partial charge in [0.1, 0.15) is 0 Å². The van der Waals surface area contributed by atoms with E-state index < -0.39 is 0 Å². The third kappa shape index (κ3) is 2.42. The van der Waals surface area contributed by atoms with E-state index in [9.17, 15) is 0 Å². The van der Waals surface area contributed by atoms with Crippen LogP contribution < -0.4 is 5.73 Å². The molecule has 0 atom stereocenters. The fourth-order valence-electron chi connectivity index (χ4n) is 1.04. The van der Waals surface area contributed by atoms with Crippen molar-refractivity contribution < 1.29 is 0 Å². The maximum absolute atomic E-state index is 5.74. The van der Waals surface area contributed by atoms with E-state index in [4.69, 9.17) is 5.73 Å². The SMILES string of the molecule is CCC=CCc1cc[c]cc1N. The van der Waals surface area contributed by atoms with Crippen LogP contribution in [0.2, 0.25) is 0 Å². The zero-order valence-electron chi connectivity index (χ0n) is 7.38. The second-order valence-corrected chi connectivity index (χ2v) is 2.71. The molecule has 1 aromatic carbocycles. The predicted octanol–water partition coefficient (Wildman–Crippen LogP) is 2.58. The van der Waals surface area contributed by atoms with Crippen LogP contribution in [0, 0.1) is 6.07 Å². The maximum atomic E-state index is 5.74. The van der Waals surface area contributed by atoms with Gasteiger partial charge >= 0.3 is 0 Å². The molecule has 1 aromatic rings. The zero-order valence-corrected chi connectivity index (χ0v) is 7.38. The third-order valence-corrected chi connectivity index (χ3v) is 1.73. The van der Waals surface area contributed by atoms with Crippen molar-refractivity contribution in [3.8, 4) is 0 Å². The minimum absolute atomic E-state index is 0.832. The molecular weight excluding hydrogens is 146 g/mol. The molecule has 0 aliphatic rings. The Hall–Kier alpha value is -1.24. The molecule has 2 N–H and O–H groups in total. The molecule has 1 heteroatoms. The molecule has 0 aliphatic heterocycles. The molecule has 0 unspecified atom stereocenters. The van der Waals surface area contributed by atoms with Crippen LogP contribution in [0.1, 0.15) is 18.9 Å². The smallest absolute Gasteiger partial charge is 0.0355 e. The lowest BCUT2D eigenvalue weighted by Gasteiger charge is -1.99. The monoisotopic (exact) mass is 160 g/mol. The van der Waals surface area contributed by atoms with Gasteiger partial charge in [-0.3, -0.25) is 0 Å². The van der Waals surface area contributed by atoms with Crippen molar-refractivity contribution in [1.29, 1.82) is 0 Å². The van der Waals surface area contributed by atoms with Crippen molar-refractivity contribution in [1.82, 2.24) is 0 Å². The van der Waals surface area contributed by atoms with Crippen LogP contribution >= 0.6 is 0 Å². The van der Waals surface area contributed by atoms with Crippen LogP contribution in [-0.4, -0.2) is 0 Å². The van der Waals surface area contributed by atoms with Gasteiger partial charge in [-0.2, -0.15) is 0 Å². The summed E-state index contributed by atoms with van der Waals surface area (Å²) in [4.78, 5) is 0. The number of allylic oxidation sites excluding steroid dienone is 2. The molecule has 0 aliphatic carbocycles. The lowest BCUT2D eigenvalue weighted by molar-refractivity contribution is 1.18.